The molecule has 2 rings (SSSR count). The van der Waals surface area contributed by atoms with Crippen LogP contribution in [0.3, 0.4) is 0 Å². The molecule has 0 spiro atoms. The minimum absolute atomic E-state index is 0.110. The number of rotatable bonds is 5. The van der Waals surface area contributed by atoms with E-state index >= 15 is 0 Å². The van der Waals surface area contributed by atoms with Crippen LogP contribution in [0, 0.1) is 0 Å². The van der Waals surface area contributed by atoms with Gasteiger partial charge in [0, 0.05) is 28.5 Å². The van der Waals surface area contributed by atoms with Crippen molar-refractivity contribution in [3.8, 4) is 0 Å². The van der Waals surface area contributed by atoms with Crippen LogP contribution in [0.5, 0.6) is 0 Å². The van der Waals surface area contributed by atoms with E-state index in [-0.39, 0.29) is 5.91 Å². The molecule has 20 heavy (non-hydrogen) atoms. The lowest BCUT2D eigenvalue weighted by Crippen LogP contribution is -2.31. The number of carbonyl (C=O) groups excluding carboxylic acids is 1. The van der Waals surface area contributed by atoms with E-state index in [9.17, 15) is 4.79 Å². The predicted molar refractivity (Wildman–Crippen MR) is 91.6 cm³/mol. The third-order valence-corrected chi connectivity index (χ3v) is 4.33. The number of halogens is 2. The third kappa shape index (κ3) is 3.61. The molecule has 2 nitrogen and oxygen atoms in total. The zero-order valence-corrected chi connectivity index (χ0v) is 14.6. The Morgan fingerprint density at radius 2 is 1.85 bits per heavy atom. The maximum absolute atomic E-state index is 12.5. The predicted octanol–water partition coefficient (Wildman–Crippen LogP) is 4.85. The number of nitrogens with zero attached hydrogens (tertiary/aromatic N) is 1. The minimum atomic E-state index is 0.110. The number of fused-ring (bicyclic) bond motifs is 1. The van der Waals surface area contributed by atoms with Gasteiger partial charge in [-0.2, -0.15) is 0 Å². The first-order valence-electron chi connectivity index (χ1n) is 6.70. The Kier molecular flexibility index (Phi) is 5.61. The number of benzene rings is 2. The SMILES string of the molecule is CCN(CCCBr)C(=O)c1ccc2cc(Br)ccc2c1. The van der Waals surface area contributed by atoms with E-state index < -0.39 is 0 Å². The van der Waals surface area contributed by atoms with E-state index in [2.05, 4.69) is 37.9 Å². The monoisotopic (exact) mass is 397 g/mol. The van der Waals surface area contributed by atoms with Crippen molar-refractivity contribution in [1.29, 1.82) is 0 Å². The second-order valence-electron chi connectivity index (χ2n) is 4.63. The lowest BCUT2D eigenvalue weighted by atomic mass is 10.1. The molecule has 106 valence electrons. The number of amides is 1. The van der Waals surface area contributed by atoms with E-state index in [0.717, 1.165) is 45.6 Å². The van der Waals surface area contributed by atoms with Crippen LogP contribution in [0.25, 0.3) is 10.8 Å². The molecular weight excluding hydrogens is 382 g/mol. The lowest BCUT2D eigenvalue weighted by Gasteiger charge is -2.20. The molecule has 4 heteroatoms. The Morgan fingerprint density at radius 3 is 2.55 bits per heavy atom. The lowest BCUT2D eigenvalue weighted by molar-refractivity contribution is 0.0765. The van der Waals surface area contributed by atoms with Gasteiger partial charge in [0.15, 0.2) is 0 Å². The van der Waals surface area contributed by atoms with Gasteiger partial charge in [-0.05, 0) is 48.4 Å². The summed E-state index contributed by atoms with van der Waals surface area (Å²) in [7, 11) is 0. The zero-order valence-electron chi connectivity index (χ0n) is 11.4. The molecule has 0 radical (unpaired) electrons. The molecule has 1 amide bonds. The Labute approximate surface area is 136 Å². The summed E-state index contributed by atoms with van der Waals surface area (Å²) < 4.78 is 1.05. The van der Waals surface area contributed by atoms with Crippen LogP contribution in [-0.2, 0) is 0 Å². The maximum atomic E-state index is 12.5. The van der Waals surface area contributed by atoms with Crippen molar-refractivity contribution in [2.45, 2.75) is 13.3 Å². The summed E-state index contributed by atoms with van der Waals surface area (Å²) >= 11 is 6.87. The number of hydrogen-bond acceptors (Lipinski definition) is 1. The molecule has 0 fully saturated rings. The van der Waals surface area contributed by atoms with Gasteiger partial charge in [0.1, 0.15) is 0 Å². The number of carbonyl (C=O) groups is 1. The molecule has 0 bridgehead atoms. The number of alkyl halides is 1. The van der Waals surface area contributed by atoms with Gasteiger partial charge in [0.05, 0.1) is 0 Å². The van der Waals surface area contributed by atoms with E-state index in [1.54, 1.807) is 0 Å². The standard InChI is InChI=1S/C16H17Br2NO/c1-2-19(9-3-8-17)16(20)14-5-4-13-11-15(18)7-6-12(13)10-14/h4-7,10-11H,2-3,8-9H2,1H3. The average Bonchev–Trinajstić information content (AvgIpc) is 2.47. The molecule has 0 heterocycles. The molecule has 0 unspecified atom stereocenters. The van der Waals surface area contributed by atoms with Gasteiger partial charge in [0.25, 0.3) is 5.91 Å². The number of hydrogen-bond donors (Lipinski definition) is 0. The zero-order chi connectivity index (χ0) is 14.5. The highest BCUT2D eigenvalue weighted by molar-refractivity contribution is 9.10. The van der Waals surface area contributed by atoms with Gasteiger partial charge in [-0.25, -0.2) is 0 Å². The Morgan fingerprint density at radius 1 is 1.15 bits per heavy atom. The molecule has 0 saturated carbocycles. The van der Waals surface area contributed by atoms with Crippen molar-refractivity contribution >= 4 is 48.5 Å². The van der Waals surface area contributed by atoms with Crippen molar-refractivity contribution in [2.75, 3.05) is 18.4 Å². The van der Waals surface area contributed by atoms with E-state index in [0.29, 0.717) is 0 Å². The largest absolute Gasteiger partial charge is 0.339 e. The second-order valence-corrected chi connectivity index (χ2v) is 6.34. The van der Waals surface area contributed by atoms with Crippen molar-refractivity contribution < 1.29 is 4.79 Å². The molecule has 0 aliphatic heterocycles. The van der Waals surface area contributed by atoms with Crippen LogP contribution in [0.1, 0.15) is 23.7 Å². The van der Waals surface area contributed by atoms with E-state index in [1.165, 1.54) is 0 Å². The summed E-state index contributed by atoms with van der Waals surface area (Å²) in [5.74, 6) is 0.110. The molecule has 2 aromatic rings. The molecular formula is C16H17Br2NO. The van der Waals surface area contributed by atoms with Crippen LogP contribution in [-0.4, -0.2) is 29.2 Å². The molecule has 0 aliphatic rings. The summed E-state index contributed by atoms with van der Waals surface area (Å²) in [4.78, 5) is 14.4. The molecule has 2 aromatic carbocycles. The van der Waals surface area contributed by atoms with Crippen molar-refractivity contribution in [2.24, 2.45) is 0 Å². The van der Waals surface area contributed by atoms with Gasteiger partial charge >= 0.3 is 0 Å². The summed E-state index contributed by atoms with van der Waals surface area (Å²) in [6.45, 7) is 3.55. The summed E-state index contributed by atoms with van der Waals surface area (Å²) in [6, 6.07) is 12.0. The minimum Gasteiger partial charge on any atom is -0.339 e. The van der Waals surface area contributed by atoms with Gasteiger partial charge in [0.2, 0.25) is 0 Å². The van der Waals surface area contributed by atoms with Crippen LogP contribution >= 0.6 is 31.9 Å². The summed E-state index contributed by atoms with van der Waals surface area (Å²) in [5, 5.41) is 3.15. The highest BCUT2D eigenvalue weighted by atomic mass is 79.9. The quantitative estimate of drug-likeness (QED) is 0.659. The van der Waals surface area contributed by atoms with Crippen molar-refractivity contribution in [1.82, 2.24) is 4.90 Å². The summed E-state index contributed by atoms with van der Waals surface area (Å²) in [5.41, 5.74) is 0.760. The van der Waals surface area contributed by atoms with Gasteiger partial charge in [-0.3, -0.25) is 4.79 Å². The Hall–Kier alpha value is -0.870. The first-order chi connectivity index (χ1) is 9.65. The summed E-state index contributed by atoms with van der Waals surface area (Å²) in [6.07, 6.45) is 0.972. The maximum Gasteiger partial charge on any atom is 0.253 e. The second kappa shape index (κ2) is 7.23. The molecule has 0 N–H and O–H groups in total. The van der Waals surface area contributed by atoms with Gasteiger partial charge in [-0.15, -0.1) is 0 Å². The van der Waals surface area contributed by atoms with Gasteiger partial charge in [-0.1, -0.05) is 44.0 Å². The Balaban J connectivity index is 2.27. The van der Waals surface area contributed by atoms with Gasteiger partial charge < -0.3 is 4.90 Å². The van der Waals surface area contributed by atoms with Crippen molar-refractivity contribution in [3.05, 3.63) is 46.4 Å². The third-order valence-electron chi connectivity index (χ3n) is 3.28. The average molecular weight is 399 g/mol. The van der Waals surface area contributed by atoms with Crippen LogP contribution in [0.15, 0.2) is 40.9 Å². The fourth-order valence-electron chi connectivity index (χ4n) is 2.19. The molecule has 0 saturated heterocycles. The fraction of sp³-hybridized carbons (Fsp3) is 0.312. The van der Waals surface area contributed by atoms with E-state index in [4.69, 9.17) is 0 Å². The van der Waals surface area contributed by atoms with Crippen LogP contribution in [0.2, 0.25) is 0 Å². The molecule has 0 aliphatic carbocycles. The topological polar surface area (TPSA) is 20.3 Å². The highest BCUT2D eigenvalue weighted by Gasteiger charge is 2.13. The smallest absolute Gasteiger partial charge is 0.253 e. The first kappa shape index (κ1) is 15.5. The fourth-order valence-corrected chi connectivity index (χ4v) is 2.82. The molecule has 0 aromatic heterocycles. The van der Waals surface area contributed by atoms with Crippen LogP contribution in [0.4, 0.5) is 0 Å². The normalized spacial score (nSPS) is 10.8. The Bertz CT molecular complexity index is 612. The first-order valence-corrected chi connectivity index (χ1v) is 8.61. The van der Waals surface area contributed by atoms with Crippen molar-refractivity contribution in [3.63, 3.8) is 0 Å². The van der Waals surface area contributed by atoms with E-state index in [1.807, 2.05) is 42.2 Å². The molecule has 0 atom stereocenters. The highest BCUT2D eigenvalue weighted by Crippen LogP contribution is 2.21. The van der Waals surface area contributed by atoms with Crippen LogP contribution < -0.4 is 0 Å².